The normalized spacial score (nSPS) is 15.3. The first-order valence-corrected chi connectivity index (χ1v) is 2.62. The van der Waals surface area contributed by atoms with Gasteiger partial charge in [-0.15, -0.1) is 0 Å². The Kier molecular flexibility index (Phi) is 3.71. The third kappa shape index (κ3) is 3.53. The highest BCUT2D eigenvalue weighted by Gasteiger charge is 1.87. The van der Waals surface area contributed by atoms with Gasteiger partial charge in [0.15, 0.2) is 0 Å². The SMILES string of the molecule is CC=CC(O)CC. The molecule has 1 unspecified atom stereocenters. The van der Waals surface area contributed by atoms with Crippen molar-refractivity contribution in [2.45, 2.75) is 26.4 Å². The van der Waals surface area contributed by atoms with Crippen molar-refractivity contribution >= 4 is 0 Å². The summed E-state index contributed by atoms with van der Waals surface area (Å²) in [7, 11) is 0. The molecule has 0 rings (SSSR count). The quantitative estimate of drug-likeness (QED) is 0.519. The fourth-order valence-corrected chi connectivity index (χ4v) is 0.358. The predicted octanol–water partition coefficient (Wildman–Crippen LogP) is 1.33. The maximum atomic E-state index is 8.77. The summed E-state index contributed by atoms with van der Waals surface area (Å²) in [6, 6.07) is 0. The Morgan fingerprint density at radius 1 is 1.71 bits per heavy atom. The number of aliphatic hydroxyl groups is 1. The highest BCUT2D eigenvalue weighted by molar-refractivity contribution is 4.83. The number of allylic oxidation sites excluding steroid dienone is 1. The zero-order valence-electron chi connectivity index (χ0n) is 4.89. The van der Waals surface area contributed by atoms with Crippen molar-refractivity contribution < 1.29 is 5.11 Å². The van der Waals surface area contributed by atoms with Crippen LogP contribution in [0.2, 0.25) is 0 Å². The Balaban J connectivity index is 3.16. The van der Waals surface area contributed by atoms with Crippen LogP contribution in [0.3, 0.4) is 0 Å². The summed E-state index contributed by atoms with van der Waals surface area (Å²) in [6.45, 7) is 3.85. The molecule has 0 radical (unpaired) electrons. The first-order chi connectivity index (χ1) is 3.31. The minimum absolute atomic E-state index is 0.231. The number of rotatable bonds is 2. The molecule has 0 heterocycles. The van der Waals surface area contributed by atoms with Crippen LogP contribution in [0.1, 0.15) is 20.3 Å². The van der Waals surface area contributed by atoms with Gasteiger partial charge < -0.3 is 5.11 Å². The molecule has 0 amide bonds. The molecule has 1 atom stereocenters. The van der Waals surface area contributed by atoms with Crippen molar-refractivity contribution in [3.8, 4) is 0 Å². The van der Waals surface area contributed by atoms with Crippen LogP contribution in [0.25, 0.3) is 0 Å². The molecule has 7 heavy (non-hydrogen) atoms. The first kappa shape index (κ1) is 6.70. The third-order valence-corrected chi connectivity index (χ3v) is 0.833. The molecule has 0 saturated heterocycles. The van der Waals surface area contributed by atoms with Crippen LogP contribution in [0.5, 0.6) is 0 Å². The summed E-state index contributed by atoms with van der Waals surface area (Å²) in [4.78, 5) is 0. The fraction of sp³-hybridized carbons (Fsp3) is 0.667. The Morgan fingerprint density at radius 3 is 2.43 bits per heavy atom. The van der Waals surface area contributed by atoms with Crippen molar-refractivity contribution in [3.63, 3.8) is 0 Å². The molecule has 0 spiro atoms. The van der Waals surface area contributed by atoms with Gasteiger partial charge in [-0.3, -0.25) is 0 Å². The summed E-state index contributed by atoms with van der Waals surface area (Å²) in [5, 5.41) is 8.77. The largest absolute Gasteiger partial charge is 0.389 e. The van der Waals surface area contributed by atoms with Crippen LogP contribution in [-0.4, -0.2) is 11.2 Å². The van der Waals surface area contributed by atoms with E-state index < -0.39 is 0 Å². The van der Waals surface area contributed by atoms with Gasteiger partial charge in [-0.05, 0) is 13.3 Å². The van der Waals surface area contributed by atoms with Crippen LogP contribution in [0, 0.1) is 0 Å². The second-order valence-corrected chi connectivity index (χ2v) is 1.50. The van der Waals surface area contributed by atoms with Crippen LogP contribution in [-0.2, 0) is 0 Å². The van der Waals surface area contributed by atoms with Crippen molar-refractivity contribution in [1.82, 2.24) is 0 Å². The maximum absolute atomic E-state index is 8.77. The molecule has 0 fully saturated rings. The molecular formula is C6H12O. The van der Waals surface area contributed by atoms with Gasteiger partial charge in [-0.25, -0.2) is 0 Å². The van der Waals surface area contributed by atoms with E-state index in [1.165, 1.54) is 0 Å². The van der Waals surface area contributed by atoms with Crippen LogP contribution >= 0.6 is 0 Å². The van der Waals surface area contributed by atoms with Gasteiger partial charge in [0.05, 0.1) is 6.10 Å². The Bertz CT molecular complexity index is 57.2. The van der Waals surface area contributed by atoms with E-state index in [0.717, 1.165) is 6.42 Å². The average molecular weight is 100 g/mol. The Morgan fingerprint density at radius 2 is 2.29 bits per heavy atom. The van der Waals surface area contributed by atoms with Crippen molar-refractivity contribution in [2.24, 2.45) is 0 Å². The molecule has 1 heteroatoms. The second kappa shape index (κ2) is 3.88. The molecule has 0 aliphatic carbocycles. The van der Waals surface area contributed by atoms with Gasteiger partial charge in [-0.2, -0.15) is 0 Å². The van der Waals surface area contributed by atoms with Crippen molar-refractivity contribution in [1.29, 1.82) is 0 Å². The zero-order chi connectivity index (χ0) is 5.70. The smallest absolute Gasteiger partial charge is 0.0718 e. The van der Waals surface area contributed by atoms with Crippen LogP contribution in [0.4, 0.5) is 0 Å². The summed E-state index contributed by atoms with van der Waals surface area (Å²) in [5.74, 6) is 0. The lowest BCUT2D eigenvalue weighted by molar-refractivity contribution is 0.219. The van der Waals surface area contributed by atoms with Crippen LogP contribution in [0.15, 0.2) is 12.2 Å². The lowest BCUT2D eigenvalue weighted by Gasteiger charge is -1.95. The van der Waals surface area contributed by atoms with E-state index in [1.54, 1.807) is 6.08 Å². The van der Waals surface area contributed by atoms with E-state index in [-0.39, 0.29) is 6.10 Å². The molecule has 42 valence electrons. The van der Waals surface area contributed by atoms with Gasteiger partial charge in [0.2, 0.25) is 0 Å². The van der Waals surface area contributed by atoms with E-state index in [0.29, 0.717) is 0 Å². The topological polar surface area (TPSA) is 20.2 Å². The van der Waals surface area contributed by atoms with Gasteiger partial charge in [-0.1, -0.05) is 19.1 Å². The Labute approximate surface area is 44.7 Å². The van der Waals surface area contributed by atoms with Gasteiger partial charge >= 0.3 is 0 Å². The van der Waals surface area contributed by atoms with E-state index in [4.69, 9.17) is 5.11 Å². The first-order valence-electron chi connectivity index (χ1n) is 2.62. The second-order valence-electron chi connectivity index (χ2n) is 1.50. The third-order valence-electron chi connectivity index (χ3n) is 0.833. The summed E-state index contributed by atoms with van der Waals surface area (Å²) in [6.07, 6.45) is 4.21. The summed E-state index contributed by atoms with van der Waals surface area (Å²) in [5.41, 5.74) is 0. The molecule has 0 aromatic heterocycles. The lowest BCUT2D eigenvalue weighted by atomic mass is 10.3. The number of hydrogen-bond acceptors (Lipinski definition) is 1. The maximum Gasteiger partial charge on any atom is 0.0718 e. The summed E-state index contributed by atoms with van der Waals surface area (Å²) >= 11 is 0. The zero-order valence-corrected chi connectivity index (χ0v) is 4.89. The van der Waals surface area contributed by atoms with E-state index in [9.17, 15) is 0 Å². The number of hydrogen-bond donors (Lipinski definition) is 1. The molecule has 0 aromatic rings. The van der Waals surface area contributed by atoms with Crippen LogP contribution < -0.4 is 0 Å². The summed E-state index contributed by atoms with van der Waals surface area (Å²) < 4.78 is 0. The van der Waals surface area contributed by atoms with Gasteiger partial charge in [0.25, 0.3) is 0 Å². The van der Waals surface area contributed by atoms with E-state index in [2.05, 4.69) is 0 Å². The molecular weight excluding hydrogens is 88.1 g/mol. The number of aliphatic hydroxyl groups excluding tert-OH is 1. The highest BCUT2D eigenvalue weighted by atomic mass is 16.3. The molecule has 0 aliphatic heterocycles. The minimum Gasteiger partial charge on any atom is -0.389 e. The van der Waals surface area contributed by atoms with Crippen molar-refractivity contribution in [2.75, 3.05) is 0 Å². The molecule has 0 aromatic carbocycles. The molecule has 0 aliphatic rings. The predicted molar refractivity (Wildman–Crippen MR) is 31.1 cm³/mol. The monoisotopic (exact) mass is 100 g/mol. The van der Waals surface area contributed by atoms with Crippen molar-refractivity contribution in [3.05, 3.63) is 12.2 Å². The van der Waals surface area contributed by atoms with Gasteiger partial charge in [0.1, 0.15) is 0 Å². The van der Waals surface area contributed by atoms with Gasteiger partial charge in [0, 0.05) is 0 Å². The molecule has 1 nitrogen and oxygen atoms in total. The molecule has 1 N–H and O–H groups in total. The van der Waals surface area contributed by atoms with E-state index >= 15 is 0 Å². The average Bonchev–Trinajstić information content (AvgIpc) is 1.68. The molecule has 0 saturated carbocycles. The standard InChI is InChI=1S/C6H12O/c1-3-5-6(7)4-2/h3,5-7H,4H2,1-2H3. The lowest BCUT2D eigenvalue weighted by Crippen LogP contribution is -1.96. The fourth-order valence-electron chi connectivity index (χ4n) is 0.358. The van der Waals surface area contributed by atoms with E-state index in [1.807, 2.05) is 19.9 Å². The molecule has 0 bridgehead atoms. The Hall–Kier alpha value is -0.300. The highest BCUT2D eigenvalue weighted by Crippen LogP contribution is 1.89. The minimum atomic E-state index is -0.231.